The molecule has 246 valence electrons. The Kier molecular flexibility index (Phi) is 34.6. The van der Waals surface area contributed by atoms with Gasteiger partial charge in [0.25, 0.3) is 0 Å². The van der Waals surface area contributed by atoms with E-state index in [0.29, 0.717) is 13.0 Å². The molecule has 42 heavy (non-hydrogen) atoms. The van der Waals surface area contributed by atoms with Crippen LogP contribution in [-0.2, 0) is 14.3 Å². The molecule has 4 nitrogen and oxygen atoms in total. The molecule has 1 N–H and O–H groups in total. The summed E-state index contributed by atoms with van der Waals surface area (Å²) in [4.78, 5) is 12.1. The first-order valence-electron chi connectivity index (χ1n) is 18.1. The van der Waals surface area contributed by atoms with Crippen LogP contribution in [0.2, 0.25) is 0 Å². The number of hydrogen-bond acceptors (Lipinski definition) is 4. The maximum atomic E-state index is 12.1. The van der Waals surface area contributed by atoms with Crippen molar-refractivity contribution >= 4 is 5.97 Å². The van der Waals surface area contributed by atoms with E-state index in [-0.39, 0.29) is 19.2 Å². The Bertz CT molecular complexity index is 625. The van der Waals surface area contributed by atoms with Crippen LogP contribution in [0.25, 0.3) is 0 Å². The number of rotatable bonds is 33. The van der Waals surface area contributed by atoms with Crippen LogP contribution >= 0.6 is 0 Å². The first-order chi connectivity index (χ1) is 20.7. The lowest BCUT2D eigenvalue weighted by Gasteiger charge is -2.15. The van der Waals surface area contributed by atoms with Crippen molar-refractivity contribution in [3.05, 3.63) is 36.5 Å². The van der Waals surface area contributed by atoms with Gasteiger partial charge >= 0.3 is 5.97 Å². The highest BCUT2D eigenvalue weighted by atomic mass is 16.6. The standard InChI is InChI=1S/C38H70O4/c1-3-5-7-9-11-13-15-17-19-20-22-24-26-28-30-32-34-41-36-37(35-39)42-38(40)33-31-29-27-25-23-21-18-16-14-12-10-8-6-4-2/h10,12,16-19,37,39H,3-9,11,13-15,20-36H2,1-2H3/b12-10-,18-16-,19-17-. The molecule has 0 radical (unpaired) electrons. The molecule has 0 fully saturated rings. The molecule has 0 aliphatic carbocycles. The third-order valence-electron chi connectivity index (χ3n) is 7.69. The van der Waals surface area contributed by atoms with Crippen LogP contribution < -0.4 is 0 Å². The van der Waals surface area contributed by atoms with E-state index in [1.165, 1.54) is 116 Å². The minimum absolute atomic E-state index is 0.179. The molecule has 4 heteroatoms. The number of unbranched alkanes of at least 4 members (excludes halogenated alkanes) is 19. The summed E-state index contributed by atoms with van der Waals surface area (Å²) < 4.78 is 11.1. The molecule has 0 aromatic heterocycles. The largest absolute Gasteiger partial charge is 0.457 e. The smallest absolute Gasteiger partial charge is 0.306 e. The summed E-state index contributed by atoms with van der Waals surface area (Å²) in [6, 6.07) is 0. The number of aliphatic hydroxyl groups excluding tert-OH is 1. The topological polar surface area (TPSA) is 55.8 Å². The van der Waals surface area contributed by atoms with Crippen molar-refractivity contribution in [2.45, 2.75) is 180 Å². The normalized spacial score (nSPS) is 12.7. The third-order valence-corrected chi connectivity index (χ3v) is 7.69. The number of allylic oxidation sites excluding steroid dienone is 6. The fourth-order valence-electron chi connectivity index (χ4n) is 4.93. The van der Waals surface area contributed by atoms with E-state index in [0.717, 1.165) is 38.5 Å². The van der Waals surface area contributed by atoms with Crippen molar-refractivity contribution in [3.63, 3.8) is 0 Å². The highest BCUT2D eigenvalue weighted by Gasteiger charge is 2.13. The van der Waals surface area contributed by atoms with Crippen molar-refractivity contribution in [1.29, 1.82) is 0 Å². The molecule has 0 rings (SSSR count). The fourth-order valence-corrected chi connectivity index (χ4v) is 4.93. The molecule has 1 atom stereocenters. The van der Waals surface area contributed by atoms with Crippen molar-refractivity contribution in [3.8, 4) is 0 Å². The van der Waals surface area contributed by atoms with E-state index in [1.807, 2.05) is 0 Å². The van der Waals surface area contributed by atoms with Crippen LogP contribution in [0.1, 0.15) is 174 Å². The van der Waals surface area contributed by atoms with Gasteiger partial charge in [0.1, 0.15) is 6.10 Å². The van der Waals surface area contributed by atoms with Gasteiger partial charge in [-0.3, -0.25) is 4.79 Å². The Labute approximate surface area is 261 Å². The minimum Gasteiger partial charge on any atom is -0.457 e. The lowest BCUT2D eigenvalue weighted by atomic mass is 10.1. The monoisotopic (exact) mass is 591 g/mol. The van der Waals surface area contributed by atoms with E-state index in [9.17, 15) is 9.90 Å². The summed E-state index contributed by atoms with van der Waals surface area (Å²) in [5.74, 6) is -0.218. The third kappa shape index (κ3) is 33.1. The molecule has 0 aromatic rings. The van der Waals surface area contributed by atoms with Gasteiger partial charge in [0.2, 0.25) is 0 Å². The lowest BCUT2D eigenvalue weighted by Crippen LogP contribution is -2.27. The number of esters is 1. The number of hydrogen-bond donors (Lipinski definition) is 1. The number of carbonyl (C=O) groups is 1. The first kappa shape index (κ1) is 40.6. The maximum Gasteiger partial charge on any atom is 0.306 e. The van der Waals surface area contributed by atoms with Crippen molar-refractivity contribution < 1.29 is 19.4 Å². The second kappa shape index (κ2) is 35.8. The highest BCUT2D eigenvalue weighted by molar-refractivity contribution is 5.69. The average Bonchev–Trinajstić information content (AvgIpc) is 3.00. The Morgan fingerprint density at radius 2 is 1.02 bits per heavy atom. The molecule has 0 saturated carbocycles. The molecular weight excluding hydrogens is 520 g/mol. The number of ether oxygens (including phenoxy) is 2. The predicted molar refractivity (Wildman–Crippen MR) is 182 cm³/mol. The van der Waals surface area contributed by atoms with Gasteiger partial charge < -0.3 is 14.6 Å². The van der Waals surface area contributed by atoms with Gasteiger partial charge in [0.05, 0.1) is 13.2 Å². The molecule has 0 aliphatic rings. The lowest BCUT2D eigenvalue weighted by molar-refractivity contribution is -0.154. The Hall–Kier alpha value is -1.39. The van der Waals surface area contributed by atoms with Gasteiger partial charge in [0.15, 0.2) is 0 Å². The van der Waals surface area contributed by atoms with Crippen LogP contribution in [0, 0.1) is 0 Å². The molecule has 0 aromatic carbocycles. The van der Waals surface area contributed by atoms with Crippen LogP contribution in [0.4, 0.5) is 0 Å². The van der Waals surface area contributed by atoms with Crippen LogP contribution in [0.5, 0.6) is 0 Å². The van der Waals surface area contributed by atoms with Gasteiger partial charge in [-0.25, -0.2) is 0 Å². The van der Waals surface area contributed by atoms with Crippen molar-refractivity contribution in [2.24, 2.45) is 0 Å². The van der Waals surface area contributed by atoms with Gasteiger partial charge in [-0.15, -0.1) is 0 Å². The molecule has 1 unspecified atom stereocenters. The molecule has 0 aliphatic heterocycles. The highest BCUT2D eigenvalue weighted by Crippen LogP contribution is 2.11. The Morgan fingerprint density at radius 1 is 0.571 bits per heavy atom. The van der Waals surface area contributed by atoms with E-state index in [1.54, 1.807) is 0 Å². The maximum absolute atomic E-state index is 12.1. The van der Waals surface area contributed by atoms with E-state index in [2.05, 4.69) is 50.3 Å². The summed E-state index contributed by atoms with van der Waals surface area (Å²) in [6.45, 7) is 5.27. The quantitative estimate of drug-likeness (QED) is 0.0469. The average molecular weight is 591 g/mol. The fraction of sp³-hybridized carbons (Fsp3) is 0.816. The summed E-state index contributed by atoms with van der Waals surface area (Å²) in [6.07, 6.45) is 43.2. The Balaban J connectivity index is 3.48. The second-order valence-electron chi connectivity index (χ2n) is 11.9. The van der Waals surface area contributed by atoms with Gasteiger partial charge in [-0.1, -0.05) is 140 Å². The summed E-state index contributed by atoms with van der Waals surface area (Å²) >= 11 is 0. The zero-order valence-electron chi connectivity index (χ0n) is 28.0. The first-order valence-corrected chi connectivity index (χ1v) is 18.1. The summed E-state index contributed by atoms with van der Waals surface area (Å²) in [5, 5.41) is 9.54. The zero-order chi connectivity index (χ0) is 30.6. The number of aliphatic hydroxyl groups is 1. The van der Waals surface area contributed by atoms with E-state index < -0.39 is 6.10 Å². The second-order valence-corrected chi connectivity index (χ2v) is 11.9. The van der Waals surface area contributed by atoms with E-state index >= 15 is 0 Å². The summed E-state index contributed by atoms with van der Waals surface area (Å²) in [5.41, 5.74) is 0. The van der Waals surface area contributed by atoms with E-state index in [4.69, 9.17) is 9.47 Å². The number of carbonyl (C=O) groups excluding carboxylic acids is 1. The van der Waals surface area contributed by atoms with Crippen LogP contribution in [0.15, 0.2) is 36.5 Å². The minimum atomic E-state index is -0.542. The molecule has 0 saturated heterocycles. The van der Waals surface area contributed by atoms with Crippen molar-refractivity contribution in [1.82, 2.24) is 0 Å². The predicted octanol–water partition coefficient (Wildman–Crippen LogP) is 11.4. The summed E-state index contributed by atoms with van der Waals surface area (Å²) in [7, 11) is 0. The molecule has 0 amide bonds. The van der Waals surface area contributed by atoms with Gasteiger partial charge in [-0.2, -0.15) is 0 Å². The molecular formula is C38H70O4. The molecule has 0 heterocycles. The zero-order valence-corrected chi connectivity index (χ0v) is 28.0. The SMILES string of the molecule is CCCC/C=C\C/C=C\CCCCCCCC(=O)OC(CO)COCCCCCCCC/C=C\CCCCCCCC. The van der Waals surface area contributed by atoms with Crippen LogP contribution in [0.3, 0.4) is 0 Å². The van der Waals surface area contributed by atoms with Crippen molar-refractivity contribution in [2.75, 3.05) is 19.8 Å². The van der Waals surface area contributed by atoms with Gasteiger partial charge in [-0.05, 0) is 64.2 Å². The Morgan fingerprint density at radius 3 is 1.57 bits per heavy atom. The van der Waals surface area contributed by atoms with Crippen LogP contribution in [-0.4, -0.2) is 37.0 Å². The molecule has 0 spiro atoms. The van der Waals surface area contributed by atoms with Gasteiger partial charge in [0, 0.05) is 13.0 Å². The molecule has 0 bridgehead atoms.